The molecule has 44 heavy (non-hydrogen) atoms. The van der Waals surface area contributed by atoms with Crippen LogP contribution in [0.25, 0.3) is 21.7 Å². The number of benzene rings is 3. The maximum atomic E-state index is 14.4. The second-order valence-corrected chi connectivity index (χ2v) is 12.1. The number of halogens is 1. The van der Waals surface area contributed by atoms with Crippen molar-refractivity contribution < 1.29 is 18.8 Å². The first-order chi connectivity index (χ1) is 21.3. The van der Waals surface area contributed by atoms with Gasteiger partial charge in [-0.1, -0.05) is 42.5 Å². The normalized spacial score (nSPS) is 13.7. The first-order valence-electron chi connectivity index (χ1n) is 14.2. The van der Waals surface area contributed by atoms with Gasteiger partial charge in [0.2, 0.25) is 0 Å². The van der Waals surface area contributed by atoms with E-state index in [1.165, 1.54) is 17.4 Å². The first-order valence-corrected chi connectivity index (χ1v) is 15.1. The molecule has 5 aromatic rings. The summed E-state index contributed by atoms with van der Waals surface area (Å²) in [6.07, 6.45) is 0.532. The number of hydrogen-bond acceptors (Lipinski definition) is 5. The minimum absolute atomic E-state index is 0.00437. The molecule has 0 saturated heterocycles. The largest absolute Gasteiger partial charge is 0.337 e. The maximum Gasteiger partial charge on any atom is 0.276 e. The molecule has 2 aliphatic rings. The molecule has 0 atom stereocenters. The predicted octanol–water partition coefficient (Wildman–Crippen LogP) is 6.97. The van der Waals surface area contributed by atoms with Gasteiger partial charge in [-0.3, -0.25) is 14.4 Å². The van der Waals surface area contributed by atoms with E-state index in [9.17, 15) is 18.8 Å². The Balaban J connectivity index is 1.18. The number of nitrogens with zero attached hydrogens (tertiary/aromatic N) is 3. The lowest BCUT2D eigenvalue weighted by atomic mass is 10.0. The zero-order valence-electron chi connectivity index (χ0n) is 24.1. The summed E-state index contributed by atoms with van der Waals surface area (Å²) in [4.78, 5) is 49.1. The number of nitrogens with one attached hydrogen (secondary N) is 1. The van der Waals surface area contributed by atoms with Gasteiger partial charge in [-0.15, -0.1) is 11.3 Å². The second kappa shape index (κ2) is 10.8. The van der Waals surface area contributed by atoms with Crippen LogP contribution in [0.3, 0.4) is 0 Å². The topological polar surface area (TPSA) is 82.6 Å². The highest BCUT2D eigenvalue weighted by Crippen LogP contribution is 2.42. The van der Waals surface area contributed by atoms with Crippen molar-refractivity contribution in [3.05, 3.63) is 124 Å². The minimum Gasteiger partial charge on any atom is -0.337 e. The maximum absolute atomic E-state index is 14.4. The van der Waals surface area contributed by atoms with Gasteiger partial charge in [0, 0.05) is 41.7 Å². The van der Waals surface area contributed by atoms with Gasteiger partial charge in [0.25, 0.3) is 17.7 Å². The Morgan fingerprint density at radius 1 is 0.932 bits per heavy atom. The SMILES string of the molecule is Cc1cccc(F)c1NC(=O)c1cc2c(s1)-c1ccccc1N(C(=O)c1cccc(-c3ccc4c(c3)CN(C)C4=O)n1)CC2. The van der Waals surface area contributed by atoms with Crippen molar-refractivity contribution in [2.75, 3.05) is 23.8 Å². The summed E-state index contributed by atoms with van der Waals surface area (Å²) in [6.45, 7) is 2.69. The van der Waals surface area contributed by atoms with Crippen molar-refractivity contribution in [2.45, 2.75) is 19.9 Å². The van der Waals surface area contributed by atoms with Crippen molar-refractivity contribution in [2.24, 2.45) is 0 Å². The molecule has 0 unspecified atom stereocenters. The molecule has 3 amide bonds. The molecule has 0 saturated carbocycles. The molecule has 2 aliphatic heterocycles. The number of aryl methyl sites for hydroxylation is 1. The number of para-hydroxylation sites is 2. The first kappa shape index (κ1) is 27.7. The van der Waals surface area contributed by atoms with Crippen LogP contribution in [0.5, 0.6) is 0 Å². The summed E-state index contributed by atoms with van der Waals surface area (Å²) in [5, 5.41) is 2.73. The highest BCUT2D eigenvalue weighted by Gasteiger charge is 2.29. The van der Waals surface area contributed by atoms with Crippen LogP contribution in [0.4, 0.5) is 15.8 Å². The molecule has 0 spiro atoms. The van der Waals surface area contributed by atoms with Crippen LogP contribution in [0.2, 0.25) is 0 Å². The number of rotatable bonds is 4. The highest BCUT2D eigenvalue weighted by molar-refractivity contribution is 7.17. The zero-order chi connectivity index (χ0) is 30.5. The molecular formula is C35H27FN4O3S. The van der Waals surface area contributed by atoms with Crippen LogP contribution >= 0.6 is 11.3 Å². The van der Waals surface area contributed by atoms with Crippen LogP contribution < -0.4 is 10.2 Å². The van der Waals surface area contributed by atoms with E-state index in [1.54, 1.807) is 42.0 Å². The van der Waals surface area contributed by atoms with Crippen molar-refractivity contribution in [3.8, 4) is 21.7 Å². The van der Waals surface area contributed by atoms with Crippen LogP contribution in [0.1, 0.15) is 47.2 Å². The van der Waals surface area contributed by atoms with E-state index >= 15 is 0 Å². The molecule has 0 fully saturated rings. The summed E-state index contributed by atoms with van der Waals surface area (Å²) in [7, 11) is 1.78. The molecule has 7 nitrogen and oxygen atoms in total. The van der Waals surface area contributed by atoms with Gasteiger partial charge in [-0.2, -0.15) is 0 Å². The van der Waals surface area contributed by atoms with E-state index in [0.29, 0.717) is 46.9 Å². The standard InChI is InChI=1S/C35H27FN4O3S/c1-20-7-5-9-26(36)31(20)38-33(41)30-18-22-15-16-40(29-12-4-3-8-25(29)32(22)44-30)35(43)28-11-6-10-27(37-28)21-13-14-24-23(17-21)19-39(2)34(24)42/h3-14,17-18H,15-16,19H2,1-2H3,(H,38,41). The van der Waals surface area contributed by atoms with Crippen LogP contribution in [-0.2, 0) is 13.0 Å². The third kappa shape index (κ3) is 4.75. The number of fused-ring (bicyclic) bond motifs is 4. The van der Waals surface area contributed by atoms with E-state index in [4.69, 9.17) is 4.98 Å². The predicted molar refractivity (Wildman–Crippen MR) is 170 cm³/mol. The fraction of sp³-hybridized carbons (Fsp3) is 0.143. The zero-order valence-corrected chi connectivity index (χ0v) is 24.9. The number of carbonyl (C=O) groups is 3. The number of carbonyl (C=O) groups excluding carboxylic acids is 3. The summed E-state index contributed by atoms with van der Waals surface area (Å²) in [6, 6.07) is 25.2. The Morgan fingerprint density at radius 2 is 1.75 bits per heavy atom. The van der Waals surface area contributed by atoms with Gasteiger partial charge < -0.3 is 15.1 Å². The van der Waals surface area contributed by atoms with Crippen molar-refractivity contribution >= 4 is 40.4 Å². The number of amides is 3. The van der Waals surface area contributed by atoms with E-state index in [1.807, 2.05) is 60.7 Å². The number of pyridine rings is 1. The number of hydrogen-bond donors (Lipinski definition) is 1. The molecule has 0 radical (unpaired) electrons. The molecule has 9 heteroatoms. The Hall–Kier alpha value is -5.15. The monoisotopic (exact) mass is 602 g/mol. The molecule has 218 valence electrons. The quantitative estimate of drug-likeness (QED) is 0.241. The van der Waals surface area contributed by atoms with E-state index in [0.717, 1.165) is 32.8 Å². The third-order valence-corrected chi connectivity index (χ3v) is 9.35. The molecule has 7 rings (SSSR count). The summed E-state index contributed by atoms with van der Waals surface area (Å²) in [5.74, 6) is -1.07. The summed E-state index contributed by atoms with van der Waals surface area (Å²) < 4.78 is 14.4. The molecule has 0 aliphatic carbocycles. The number of aromatic nitrogens is 1. The Bertz CT molecular complexity index is 1980. The lowest BCUT2D eigenvalue weighted by Gasteiger charge is -2.23. The van der Waals surface area contributed by atoms with Crippen LogP contribution in [0, 0.1) is 12.7 Å². The molecule has 1 N–H and O–H groups in total. The third-order valence-electron chi connectivity index (χ3n) is 8.14. The van der Waals surface area contributed by atoms with E-state index in [-0.39, 0.29) is 23.4 Å². The van der Waals surface area contributed by atoms with Crippen molar-refractivity contribution in [1.82, 2.24) is 9.88 Å². The molecule has 3 aromatic carbocycles. The van der Waals surface area contributed by atoms with Crippen molar-refractivity contribution in [1.29, 1.82) is 0 Å². The van der Waals surface area contributed by atoms with E-state index < -0.39 is 5.82 Å². The second-order valence-electron chi connectivity index (χ2n) is 11.0. The van der Waals surface area contributed by atoms with Gasteiger partial charge in [0.15, 0.2) is 0 Å². The smallest absolute Gasteiger partial charge is 0.276 e. The Labute approximate surface area is 257 Å². The van der Waals surface area contributed by atoms with Crippen LogP contribution in [-0.4, -0.2) is 41.2 Å². The number of anilines is 2. The Kier molecular flexibility index (Phi) is 6.82. The number of thiophene rings is 1. The summed E-state index contributed by atoms with van der Waals surface area (Å²) in [5.41, 5.74) is 6.81. The van der Waals surface area contributed by atoms with Crippen LogP contribution in [0.15, 0.2) is 84.9 Å². The van der Waals surface area contributed by atoms with Gasteiger partial charge in [-0.25, -0.2) is 9.37 Å². The average molecular weight is 603 g/mol. The lowest BCUT2D eigenvalue weighted by molar-refractivity contribution is 0.0816. The average Bonchev–Trinajstić information content (AvgIpc) is 3.54. The molecule has 0 bridgehead atoms. The summed E-state index contributed by atoms with van der Waals surface area (Å²) >= 11 is 1.33. The molecule has 2 aromatic heterocycles. The van der Waals surface area contributed by atoms with Gasteiger partial charge >= 0.3 is 0 Å². The van der Waals surface area contributed by atoms with Gasteiger partial charge in [0.1, 0.15) is 11.5 Å². The highest BCUT2D eigenvalue weighted by atomic mass is 32.1. The molecule has 4 heterocycles. The van der Waals surface area contributed by atoms with Gasteiger partial charge in [-0.05, 0) is 72.5 Å². The fourth-order valence-corrected chi connectivity index (χ4v) is 7.00. The Morgan fingerprint density at radius 3 is 2.59 bits per heavy atom. The minimum atomic E-state index is -0.479. The van der Waals surface area contributed by atoms with E-state index in [2.05, 4.69) is 5.32 Å². The van der Waals surface area contributed by atoms with Gasteiger partial charge in [0.05, 0.1) is 21.9 Å². The lowest BCUT2D eigenvalue weighted by Crippen LogP contribution is -2.33. The van der Waals surface area contributed by atoms with Crippen molar-refractivity contribution in [3.63, 3.8) is 0 Å². The molecular weight excluding hydrogens is 575 g/mol. The fourth-order valence-electron chi connectivity index (χ4n) is 5.86.